The quantitative estimate of drug-likeness (QED) is 0.644. The van der Waals surface area contributed by atoms with Gasteiger partial charge in [0.25, 0.3) is 0 Å². The van der Waals surface area contributed by atoms with Crippen molar-refractivity contribution >= 4 is 17.3 Å². The molecule has 0 radical (unpaired) electrons. The zero-order valence-corrected chi connectivity index (χ0v) is 8.87. The molecule has 0 saturated heterocycles. The van der Waals surface area contributed by atoms with E-state index in [1.54, 1.807) is 6.92 Å². The van der Waals surface area contributed by atoms with Gasteiger partial charge in [0.1, 0.15) is 5.78 Å². The van der Waals surface area contributed by atoms with E-state index in [9.17, 15) is 14.4 Å². The Hall–Kier alpha value is -1.71. The van der Waals surface area contributed by atoms with E-state index < -0.39 is 5.92 Å². The predicted octanol–water partition coefficient (Wildman–Crippen LogP) is 0.820. The average molecular weight is 208 g/mol. The first kappa shape index (κ1) is 11.4. The fourth-order valence-electron chi connectivity index (χ4n) is 1.29. The van der Waals surface area contributed by atoms with Crippen molar-refractivity contribution in [2.24, 2.45) is 5.92 Å². The van der Waals surface area contributed by atoms with Crippen LogP contribution in [0.1, 0.15) is 13.8 Å². The number of Topliss-reactive ketones (excluding diaryl/α,β-unsaturated/α-hetero) is 2. The number of carbonyl (C=O) groups excluding carboxylic acids is 3. The second kappa shape index (κ2) is 4.21. The molecule has 1 rings (SSSR count). The Balaban J connectivity index is 3.06. The summed E-state index contributed by atoms with van der Waals surface area (Å²) < 4.78 is 4.77. The highest BCUT2D eigenvalue weighted by Gasteiger charge is 2.28. The lowest BCUT2D eigenvalue weighted by molar-refractivity contribution is -0.122. The lowest BCUT2D eigenvalue weighted by atomic mass is 9.89. The molecular formula is C11H12O4. The summed E-state index contributed by atoms with van der Waals surface area (Å²) in [6, 6.07) is 0. The summed E-state index contributed by atoms with van der Waals surface area (Å²) in [5, 5.41) is 0. The molecule has 0 aromatic heterocycles. The summed E-state index contributed by atoms with van der Waals surface area (Å²) in [5.74, 6) is -1.44. The first-order valence-electron chi connectivity index (χ1n) is 4.53. The van der Waals surface area contributed by atoms with Crippen molar-refractivity contribution in [3.8, 4) is 0 Å². The minimum absolute atomic E-state index is 0.00870. The lowest BCUT2D eigenvalue weighted by Gasteiger charge is -2.15. The maximum atomic E-state index is 11.7. The van der Waals surface area contributed by atoms with Gasteiger partial charge in [-0.1, -0.05) is 6.92 Å². The molecule has 0 amide bonds. The third kappa shape index (κ3) is 2.21. The molecule has 0 unspecified atom stereocenters. The summed E-state index contributed by atoms with van der Waals surface area (Å²) in [6.07, 6.45) is 2.32. The van der Waals surface area contributed by atoms with Gasteiger partial charge in [0, 0.05) is 17.6 Å². The fourth-order valence-corrected chi connectivity index (χ4v) is 1.29. The standard InChI is InChI=1S/C11H12O4/c1-6(7(2)12)9-4-8(13)5-10(15-3)11(9)14/h4-6H,1-3H3/t6-/m0/s1. The number of allylic oxidation sites excluding steroid dienone is 3. The highest BCUT2D eigenvalue weighted by Crippen LogP contribution is 2.21. The van der Waals surface area contributed by atoms with Crippen LogP contribution in [-0.4, -0.2) is 24.5 Å². The summed E-state index contributed by atoms with van der Waals surface area (Å²) in [7, 11) is 1.32. The first-order chi connectivity index (χ1) is 6.97. The highest BCUT2D eigenvalue weighted by atomic mass is 16.5. The maximum Gasteiger partial charge on any atom is 0.224 e. The molecule has 0 N–H and O–H groups in total. The van der Waals surface area contributed by atoms with E-state index in [0.717, 1.165) is 6.08 Å². The van der Waals surface area contributed by atoms with Gasteiger partial charge in [-0.2, -0.15) is 0 Å². The van der Waals surface area contributed by atoms with Crippen LogP contribution >= 0.6 is 0 Å². The van der Waals surface area contributed by atoms with Crippen LogP contribution in [-0.2, 0) is 19.1 Å². The summed E-state index contributed by atoms with van der Waals surface area (Å²) in [4.78, 5) is 34.0. The van der Waals surface area contributed by atoms with Crippen LogP contribution < -0.4 is 0 Å². The van der Waals surface area contributed by atoms with Crippen LogP contribution in [0.2, 0.25) is 0 Å². The summed E-state index contributed by atoms with van der Waals surface area (Å²) in [5.41, 5.74) is 0.201. The van der Waals surface area contributed by atoms with Crippen molar-refractivity contribution in [3.63, 3.8) is 0 Å². The Bertz CT molecular complexity index is 387. The largest absolute Gasteiger partial charge is 0.493 e. The number of rotatable bonds is 3. The number of hydrogen-bond acceptors (Lipinski definition) is 4. The monoisotopic (exact) mass is 208 g/mol. The minimum Gasteiger partial charge on any atom is -0.493 e. The Morgan fingerprint density at radius 1 is 1.33 bits per heavy atom. The number of carbonyl (C=O) groups is 3. The van der Waals surface area contributed by atoms with Gasteiger partial charge in [-0.15, -0.1) is 0 Å². The molecule has 1 aliphatic carbocycles. The van der Waals surface area contributed by atoms with E-state index in [-0.39, 0.29) is 28.7 Å². The lowest BCUT2D eigenvalue weighted by Crippen LogP contribution is -2.23. The second-order valence-electron chi connectivity index (χ2n) is 3.38. The Kier molecular flexibility index (Phi) is 3.19. The van der Waals surface area contributed by atoms with Crippen molar-refractivity contribution in [3.05, 3.63) is 23.5 Å². The Morgan fingerprint density at radius 2 is 1.93 bits per heavy atom. The normalized spacial score (nSPS) is 18.1. The molecule has 0 saturated carbocycles. The fraction of sp³-hybridized carbons (Fsp3) is 0.364. The molecule has 0 aromatic rings. The van der Waals surface area contributed by atoms with Crippen LogP contribution in [0.4, 0.5) is 0 Å². The smallest absolute Gasteiger partial charge is 0.224 e. The molecule has 0 fully saturated rings. The van der Waals surface area contributed by atoms with Gasteiger partial charge in [-0.3, -0.25) is 14.4 Å². The van der Waals surface area contributed by atoms with E-state index >= 15 is 0 Å². The third-order valence-electron chi connectivity index (χ3n) is 2.35. The molecule has 1 atom stereocenters. The summed E-state index contributed by atoms with van der Waals surface area (Å²) >= 11 is 0. The van der Waals surface area contributed by atoms with Crippen LogP contribution in [0.5, 0.6) is 0 Å². The van der Waals surface area contributed by atoms with Crippen LogP contribution in [0.3, 0.4) is 0 Å². The van der Waals surface area contributed by atoms with E-state index in [1.807, 2.05) is 0 Å². The molecule has 0 aliphatic heterocycles. The van der Waals surface area contributed by atoms with Gasteiger partial charge in [-0.05, 0) is 13.0 Å². The SMILES string of the molecule is COC1=CC(=O)C=C([C@@H](C)C(C)=O)C1=O. The average Bonchev–Trinajstić information content (AvgIpc) is 2.19. The first-order valence-corrected chi connectivity index (χ1v) is 4.53. The third-order valence-corrected chi connectivity index (χ3v) is 2.35. The van der Waals surface area contributed by atoms with E-state index in [1.165, 1.54) is 20.1 Å². The Morgan fingerprint density at radius 3 is 2.40 bits per heavy atom. The Labute approximate surface area is 87.6 Å². The van der Waals surface area contributed by atoms with Gasteiger partial charge < -0.3 is 4.74 Å². The number of ether oxygens (including phenoxy) is 1. The van der Waals surface area contributed by atoms with Crippen LogP contribution in [0, 0.1) is 5.92 Å². The summed E-state index contributed by atoms with van der Waals surface area (Å²) in [6.45, 7) is 2.98. The molecule has 0 bridgehead atoms. The van der Waals surface area contributed by atoms with Gasteiger partial charge in [0.15, 0.2) is 11.5 Å². The molecular weight excluding hydrogens is 196 g/mol. The van der Waals surface area contributed by atoms with Crippen LogP contribution in [0.15, 0.2) is 23.5 Å². The maximum absolute atomic E-state index is 11.7. The van der Waals surface area contributed by atoms with Gasteiger partial charge in [0.05, 0.1) is 7.11 Å². The number of methoxy groups -OCH3 is 1. The predicted molar refractivity (Wildman–Crippen MR) is 53.0 cm³/mol. The highest BCUT2D eigenvalue weighted by molar-refractivity contribution is 6.21. The molecule has 1 aliphatic rings. The molecule has 80 valence electrons. The van der Waals surface area contributed by atoms with E-state index in [2.05, 4.69) is 0 Å². The molecule has 4 heteroatoms. The van der Waals surface area contributed by atoms with Crippen molar-refractivity contribution < 1.29 is 19.1 Å². The molecule has 4 nitrogen and oxygen atoms in total. The number of ketones is 3. The van der Waals surface area contributed by atoms with Crippen molar-refractivity contribution in [2.75, 3.05) is 7.11 Å². The van der Waals surface area contributed by atoms with E-state index in [4.69, 9.17) is 4.74 Å². The van der Waals surface area contributed by atoms with Gasteiger partial charge in [-0.25, -0.2) is 0 Å². The van der Waals surface area contributed by atoms with Crippen molar-refractivity contribution in [1.29, 1.82) is 0 Å². The molecule has 15 heavy (non-hydrogen) atoms. The molecule has 0 spiro atoms. The van der Waals surface area contributed by atoms with Crippen LogP contribution in [0.25, 0.3) is 0 Å². The zero-order chi connectivity index (χ0) is 11.6. The second-order valence-corrected chi connectivity index (χ2v) is 3.38. The zero-order valence-electron chi connectivity index (χ0n) is 8.87. The number of hydrogen-bond donors (Lipinski definition) is 0. The van der Waals surface area contributed by atoms with Gasteiger partial charge >= 0.3 is 0 Å². The minimum atomic E-state index is -0.569. The molecule has 0 aromatic carbocycles. The molecule has 0 heterocycles. The van der Waals surface area contributed by atoms with Crippen molar-refractivity contribution in [1.82, 2.24) is 0 Å². The topological polar surface area (TPSA) is 60.4 Å². The van der Waals surface area contributed by atoms with Crippen molar-refractivity contribution in [2.45, 2.75) is 13.8 Å². The van der Waals surface area contributed by atoms with E-state index in [0.29, 0.717) is 0 Å². The van der Waals surface area contributed by atoms with Gasteiger partial charge in [0.2, 0.25) is 5.78 Å².